The third-order valence-electron chi connectivity index (χ3n) is 4.25. The summed E-state index contributed by atoms with van der Waals surface area (Å²) in [6, 6.07) is 0.154. The third-order valence-corrected chi connectivity index (χ3v) is 5.98. The molecule has 116 valence electrons. The molecule has 2 atom stereocenters. The van der Waals surface area contributed by atoms with Crippen molar-refractivity contribution in [2.75, 3.05) is 44.2 Å². The quantitative estimate of drug-likeness (QED) is 0.748. The first-order valence-electron chi connectivity index (χ1n) is 7.37. The topological polar surface area (TPSA) is 69.7 Å². The Morgan fingerprint density at radius 2 is 2.10 bits per heavy atom. The fourth-order valence-corrected chi connectivity index (χ4v) is 4.47. The van der Waals surface area contributed by atoms with Gasteiger partial charge in [-0.05, 0) is 13.5 Å². The number of amides is 1. The molecule has 0 bridgehead atoms. The highest BCUT2D eigenvalue weighted by Gasteiger charge is 2.30. The minimum atomic E-state index is -2.97. The molecule has 7 heteroatoms. The van der Waals surface area contributed by atoms with Crippen LogP contribution >= 0.6 is 0 Å². The van der Waals surface area contributed by atoms with Gasteiger partial charge in [0.1, 0.15) is 0 Å². The third kappa shape index (κ3) is 3.93. The molecule has 0 aliphatic carbocycles. The zero-order valence-electron chi connectivity index (χ0n) is 12.3. The first-order valence-corrected chi connectivity index (χ1v) is 9.19. The number of carbonyl (C=O) groups is 1. The molecule has 2 fully saturated rings. The molecule has 2 unspecified atom stereocenters. The lowest BCUT2D eigenvalue weighted by atomic mass is 10.1. The van der Waals surface area contributed by atoms with Gasteiger partial charge < -0.3 is 10.2 Å². The maximum atomic E-state index is 12.3. The van der Waals surface area contributed by atoms with Crippen LogP contribution in [0.2, 0.25) is 0 Å². The minimum Gasteiger partial charge on any atom is -0.340 e. The lowest BCUT2D eigenvalue weighted by molar-refractivity contribution is -0.134. The summed E-state index contributed by atoms with van der Waals surface area (Å²) in [6.45, 7) is 8.12. The number of nitrogens with zero attached hydrogens (tertiary/aromatic N) is 2. The molecule has 1 N–H and O–H groups in total. The van der Waals surface area contributed by atoms with Crippen molar-refractivity contribution < 1.29 is 13.2 Å². The number of nitrogens with one attached hydrogen (secondary N) is 1. The molecule has 0 radical (unpaired) electrons. The smallest absolute Gasteiger partial charge is 0.224 e. The van der Waals surface area contributed by atoms with Gasteiger partial charge in [-0.15, -0.1) is 0 Å². The van der Waals surface area contributed by atoms with Crippen LogP contribution in [0.25, 0.3) is 0 Å². The van der Waals surface area contributed by atoms with Crippen LogP contribution in [-0.2, 0) is 14.6 Å². The predicted octanol–water partition coefficient (Wildman–Crippen LogP) is -0.684. The van der Waals surface area contributed by atoms with Crippen molar-refractivity contribution in [2.45, 2.75) is 32.4 Å². The average molecular weight is 303 g/mol. The molecule has 0 spiro atoms. The number of likely N-dealkylation sites (N-methyl/N-ethyl adjacent to an activating group) is 1. The van der Waals surface area contributed by atoms with E-state index in [2.05, 4.69) is 24.1 Å². The largest absolute Gasteiger partial charge is 0.340 e. The lowest BCUT2D eigenvalue weighted by Crippen LogP contribution is -2.55. The molecule has 0 aromatic heterocycles. The van der Waals surface area contributed by atoms with E-state index in [-0.39, 0.29) is 29.9 Å². The van der Waals surface area contributed by atoms with Crippen LogP contribution in [0.15, 0.2) is 0 Å². The molecule has 0 aromatic carbocycles. The Balaban J connectivity index is 1.86. The van der Waals surface area contributed by atoms with Crippen molar-refractivity contribution in [3.05, 3.63) is 0 Å². The van der Waals surface area contributed by atoms with Gasteiger partial charge >= 0.3 is 0 Å². The van der Waals surface area contributed by atoms with Crippen LogP contribution in [0.1, 0.15) is 20.3 Å². The van der Waals surface area contributed by atoms with E-state index in [1.807, 2.05) is 4.90 Å². The van der Waals surface area contributed by atoms with Crippen LogP contribution in [-0.4, -0.2) is 80.4 Å². The van der Waals surface area contributed by atoms with Gasteiger partial charge in [0.2, 0.25) is 5.91 Å². The molecule has 0 aromatic rings. The molecular formula is C13H25N3O3S. The van der Waals surface area contributed by atoms with Crippen molar-refractivity contribution >= 4 is 15.7 Å². The molecular weight excluding hydrogens is 278 g/mol. The predicted molar refractivity (Wildman–Crippen MR) is 78.4 cm³/mol. The highest BCUT2D eigenvalue weighted by Crippen LogP contribution is 2.12. The number of sulfone groups is 1. The highest BCUT2D eigenvalue weighted by atomic mass is 32.2. The van der Waals surface area contributed by atoms with Gasteiger partial charge in [0, 0.05) is 44.7 Å². The van der Waals surface area contributed by atoms with Crippen molar-refractivity contribution in [1.82, 2.24) is 15.1 Å². The van der Waals surface area contributed by atoms with Gasteiger partial charge in [-0.1, -0.05) is 6.92 Å². The molecule has 2 aliphatic rings. The Morgan fingerprint density at radius 3 is 2.70 bits per heavy atom. The SMILES string of the molecule is CCN1CCN(C(=O)CC2CS(=O)(=O)CCN2)CC1C. The molecule has 0 saturated carbocycles. The fourth-order valence-electron chi connectivity index (χ4n) is 3.03. The van der Waals surface area contributed by atoms with Crippen LogP contribution in [0, 0.1) is 0 Å². The normalized spacial score (nSPS) is 31.2. The van der Waals surface area contributed by atoms with Crippen LogP contribution in [0.3, 0.4) is 0 Å². The van der Waals surface area contributed by atoms with Crippen LogP contribution in [0.5, 0.6) is 0 Å². The summed E-state index contributed by atoms with van der Waals surface area (Å²) in [6.07, 6.45) is 0.290. The molecule has 2 saturated heterocycles. The number of carbonyl (C=O) groups excluding carboxylic acids is 1. The van der Waals surface area contributed by atoms with E-state index < -0.39 is 9.84 Å². The summed E-state index contributed by atoms with van der Waals surface area (Å²) in [5.41, 5.74) is 0. The number of hydrogen-bond donors (Lipinski definition) is 1. The Labute approximate surface area is 121 Å². The standard InChI is InChI=1S/C13H25N3O3S/c1-3-15-5-6-16(9-11(15)2)13(17)8-12-10-20(18,19)7-4-14-12/h11-12,14H,3-10H2,1-2H3. The molecule has 2 heterocycles. The molecule has 6 nitrogen and oxygen atoms in total. The van der Waals surface area contributed by atoms with Gasteiger partial charge in [0.15, 0.2) is 9.84 Å². The summed E-state index contributed by atoms with van der Waals surface area (Å²) < 4.78 is 23.2. The zero-order valence-corrected chi connectivity index (χ0v) is 13.2. The number of piperazine rings is 1. The minimum absolute atomic E-state index is 0.0715. The van der Waals surface area contributed by atoms with E-state index in [0.29, 0.717) is 12.6 Å². The van der Waals surface area contributed by atoms with E-state index >= 15 is 0 Å². The van der Waals surface area contributed by atoms with Crippen LogP contribution < -0.4 is 5.32 Å². The molecule has 1 amide bonds. The maximum Gasteiger partial charge on any atom is 0.224 e. The lowest BCUT2D eigenvalue weighted by Gasteiger charge is -2.40. The van der Waals surface area contributed by atoms with E-state index in [1.54, 1.807) is 0 Å². The van der Waals surface area contributed by atoms with Gasteiger partial charge in [-0.25, -0.2) is 8.42 Å². The maximum absolute atomic E-state index is 12.3. The first kappa shape index (κ1) is 15.7. The molecule has 20 heavy (non-hydrogen) atoms. The van der Waals surface area contributed by atoms with Crippen molar-refractivity contribution in [1.29, 1.82) is 0 Å². The summed E-state index contributed by atoms with van der Waals surface area (Å²) >= 11 is 0. The monoisotopic (exact) mass is 303 g/mol. The second-order valence-corrected chi connectivity index (χ2v) is 8.02. The Bertz CT molecular complexity index is 452. The van der Waals surface area contributed by atoms with Gasteiger partial charge in [-0.3, -0.25) is 9.69 Å². The van der Waals surface area contributed by atoms with Crippen molar-refractivity contribution in [3.63, 3.8) is 0 Å². The van der Waals surface area contributed by atoms with Gasteiger partial charge in [0.25, 0.3) is 0 Å². The van der Waals surface area contributed by atoms with Crippen molar-refractivity contribution in [3.8, 4) is 0 Å². The van der Waals surface area contributed by atoms with E-state index in [1.165, 1.54) is 0 Å². The fraction of sp³-hybridized carbons (Fsp3) is 0.923. The van der Waals surface area contributed by atoms with Crippen LogP contribution in [0.4, 0.5) is 0 Å². The highest BCUT2D eigenvalue weighted by molar-refractivity contribution is 7.91. The van der Waals surface area contributed by atoms with E-state index in [0.717, 1.165) is 26.2 Å². The van der Waals surface area contributed by atoms with E-state index in [9.17, 15) is 13.2 Å². The molecule has 2 rings (SSSR count). The molecule has 2 aliphatic heterocycles. The Morgan fingerprint density at radius 1 is 1.35 bits per heavy atom. The second-order valence-electron chi connectivity index (χ2n) is 5.79. The van der Waals surface area contributed by atoms with Crippen molar-refractivity contribution in [2.24, 2.45) is 0 Å². The summed E-state index contributed by atoms with van der Waals surface area (Å²) in [4.78, 5) is 16.5. The summed E-state index contributed by atoms with van der Waals surface area (Å²) in [5.74, 6) is 0.342. The zero-order chi connectivity index (χ0) is 14.8. The van der Waals surface area contributed by atoms with Gasteiger partial charge in [0.05, 0.1) is 11.5 Å². The Kier molecular flexibility index (Phi) is 5.04. The average Bonchev–Trinajstić information content (AvgIpc) is 2.37. The number of rotatable bonds is 3. The van der Waals surface area contributed by atoms with Gasteiger partial charge in [-0.2, -0.15) is 0 Å². The summed E-state index contributed by atoms with van der Waals surface area (Å²) in [5, 5.41) is 3.14. The summed E-state index contributed by atoms with van der Waals surface area (Å²) in [7, 11) is -2.97. The number of hydrogen-bond acceptors (Lipinski definition) is 5. The van der Waals surface area contributed by atoms with E-state index in [4.69, 9.17) is 0 Å². The Hall–Kier alpha value is -0.660. The first-order chi connectivity index (χ1) is 9.41. The second kappa shape index (κ2) is 6.41.